The number of alkyl halides is 4. The van der Waals surface area contributed by atoms with Gasteiger partial charge in [-0.15, -0.1) is 0 Å². The number of hydrogen-bond donors (Lipinski definition) is 1. The molecule has 0 saturated carbocycles. The lowest BCUT2D eigenvalue weighted by Crippen LogP contribution is -2.35. The van der Waals surface area contributed by atoms with Gasteiger partial charge < -0.3 is 10.1 Å². The molecule has 1 aliphatic rings. The number of aromatic nitrogens is 3. The summed E-state index contributed by atoms with van der Waals surface area (Å²) in [6, 6.07) is 12.9. The van der Waals surface area contributed by atoms with Gasteiger partial charge in [-0.25, -0.2) is 17.6 Å². The summed E-state index contributed by atoms with van der Waals surface area (Å²) >= 11 is 0. The van der Waals surface area contributed by atoms with Crippen molar-refractivity contribution in [3.8, 4) is 11.1 Å². The lowest BCUT2D eigenvalue weighted by Gasteiger charge is -2.22. The fourth-order valence-electron chi connectivity index (χ4n) is 5.55. The van der Waals surface area contributed by atoms with Crippen molar-refractivity contribution in [2.24, 2.45) is 5.92 Å². The number of ether oxygens (including phenoxy) is 1. The number of nitrogens with zero attached hydrogens (tertiary/aromatic N) is 3. The second-order valence-corrected chi connectivity index (χ2v) is 10.8. The third-order valence-electron chi connectivity index (χ3n) is 7.63. The van der Waals surface area contributed by atoms with E-state index in [1.165, 1.54) is 13.1 Å². The van der Waals surface area contributed by atoms with Crippen LogP contribution in [-0.2, 0) is 41.4 Å². The van der Waals surface area contributed by atoms with Crippen molar-refractivity contribution in [3.05, 3.63) is 106 Å². The molecule has 0 saturated heterocycles. The number of rotatable bonds is 11. The monoisotopic (exact) mass is 616 g/mol. The summed E-state index contributed by atoms with van der Waals surface area (Å²) in [5.74, 6) is -7.17. The SMILES string of the molecule is CCOCc1ccc(-c2cccnc2C(Cc2cc(F)cc(F)c2)NC(=O)Cn2nc(C(F)F)c3c2C(F)(F)C(C)C3)cc1. The summed E-state index contributed by atoms with van der Waals surface area (Å²) in [4.78, 5) is 17.9. The van der Waals surface area contributed by atoms with E-state index in [4.69, 9.17) is 4.74 Å². The van der Waals surface area contributed by atoms with E-state index in [0.717, 1.165) is 23.3 Å². The van der Waals surface area contributed by atoms with Crippen LogP contribution >= 0.6 is 0 Å². The molecule has 2 atom stereocenters. The molecular formula is C32H30F6N4O2. The van der Waals surface area contributed by atoms with E-state index in [9.17, 15) is 22.4 Å². The van der Waals surface area contributed by atoms with Gasteiger partial charge in [0.2, 0.25) is 5.91 Å². The van der Waals surface area contributed by atoms with Crippen LogP contribution in [0.2, 0.25) is 0 Å². The Balaban J connectivity index is 1.49. The molecule has 44 heavy (non-hydrogen) atoms. The Hall–Kier alpha value is -4.19. The normalized spacial score (nSPS) is 16.2. The van der Waals surface area contributed by atoms with Crippen LogP contribution in [0.15, 0.2) is 60.8 Å². The molecule has 232 valence electrons. The second kappa shape index (κ2) is 12.8. The van der Waals surface area contributed by atoms with E-state index in [2.05, 4.69) is 15.4 Å². The number of hydrogen-bond acceptors (Lipinski definition) is 4. The Morgan fingerprint density at radius 3 is 2.43 bits per heavy atom. The molecule has 2 aromatic carbocycles. The van der Waals surface area contributed by atoms with Gasteiger partial charge in [0.15, 0.2) is 0 Å². The Labute approximate surface area is 250 Å². The molecule has 1 N–H and O–H groups in total. The number of benzene rings is 2. The van der Waals surface area contributed by atoms with E-state index in [1.807, 2.05) is 31.2 Å². The van der Waals surface area contributed by atoms with E-state index in [-0.39, 0.29) is 24.0 Å². The molecule has 2 unspecified atom stereocenters. The quantitative estimate of drug-likeness (QED) is 0.183. The van der Waals surface area contributed by atoms with Crippen LogP contribution in [0.4, 0.5) is 26.3 Å². The minimum absolute atomic E-state index is 0.112. The van der Waals surface area contributed by atoms with Crippen molar-refractivity contribution in [3.63, 3.8) is 0 Å². The van der Waals surface area contributed by atoms with Crippen molar-refractivity contribution in [2.75, 3.05) is 6.61 Å². The summed E-state index contributed by atoms with van der Waals surface area (Å²) in [5.41, 5.74) is 1.10. The third kappa shape index (κ3) is 6.50. The van der Waals surface area contributed by atoms with Crippen molar-refractivity contribution < 1.29 is 35.9 Å². The van der Waals surface area contributed by atoms with Crippen LogP contribution in [0, 0.1) is 17.6 Å². The van der Waals surface area contributed by atoms with Crippen LogP contribution in [0.3, 0.4) is 0 Å². The Bertz CT molecular complexity index is 1620. The van der Waals surface area contributed by atoms with Crippen molar-refractivity contribution in [1.82, 2.24) is 20.1 Å². The molecule has 2 aromatic heterocycles. The molecule has 1 amide bonds. The molecule has 0 fully saturated rings. The predicted molar refractivity (Wildman–Crippen MR) is 150 cm³/mol. The molecule has 5 rings (SSSR count). The zero-order chi connectivity index (χ0) is 31.6. The number of amides is 1. The molecule has 2 heterocycles. The zero-order valence-corrected chi connectivity index (χ0v) is 24.0. The van der Waals surface area contributed by atoms with Gasteiger partial charge in [0.25, 0.3) is 12.3 Å². The smallest absolute Gasteiger partial charge is 0.292 e. The van der Waals surface area contributed by atoms with Crippen LogP contribution < -0.4 is 5.32 Å². The third-order valence-corrected chi connectivity index (χ3v) is 7.63. The molecule has 0 aliphatic heterocycles. The minimum atomic E-state index is -3.46. The maximum atomic E-state index is 15.0. The number of halogens is 6. The molecule has 1 aliphatic carbocycles. The van der Waals surface area contributed by atoms with Crippen LogP contribution in [0.5, 0.6) is 0 Å². The zero-order valence-electron chi connectivity index (χ0n) is 24.0. The molecule has 0 spiro atoms. The first-order chi connectivity index (χ1) is 21.0. The van der Waals surface area contributed by atoms with Gasteiger partial charge in [-0.1, -0.05) is 37.3 Å². The number of carbonyl (C=O) groups excluding carboxylic acids is 1. The first-order valence-corrected chi connectivity index (χ1v) is 14.1. The van der Waals surface area contributed by atoms with Crippen molar-refractivity contribution in [1.29, 1.82) is 0 Å². The molecule has 0 bridgehead atoms. The summed E-state index contributed by atoms with van der Waals surface area (Å²) in [7, 11) is 0. The Kier molecular flexibility index (Phi) is 9.10. The predicted octanol–water partition coefficient (Wildman–Crippen LogP) is 7.08. The Morgan fingerprint density at radius 2 is 1.77 bits per heavy atom. The molecule has 4 aromatic rings. The molecular weight excluding hydrogens is 586 g/mol. The highest BCUT2D eigenvalue weighted by Gasteiger charge is 2.51. The van der Waals surface area contributed by atoms with Crippen LogP contribution in [0.1, 0.15) is 60.1 Å². The van der Waals surface area contributed by atoms with Gasteiger partial charge in [0.05, 0.1) is 18.3 Å². The average molecular weight is 617 g/mol. The summed E-state index contributed by atoms with van der Waals surface area (Å²) < 4.78 is 91.7. The van der Waals surface area contributed by atoms with E-state index >= 15 is 8.78 Å². The average Bonchev–Trinajstić information content (AvgIpc) is 3.44. The molecule has 6 nitrogen and oxygen atoms in total. The number of nitrogens with one attached hydrogen (secondary N) is 1. The molecule has 12 heteroatoms. The fourth-order valence-corrected chi connectivity index (χ4v) is 5.55. The molecule has 0 radical (unpaired) electrons. The second-order valence-electron chi connectivity index (χ2n) is 10.8. The highest BCUT2D eigenvalue weighted by atomic mass is 19.3. The van der Waals surface area contributed by atoms with Gasteiger partial charge in [-0.05, 0) is 54.7 Å². The van der Waals surface area contributed by atoms with E-state index < -0.39 is 59.8 Å². The van der Waals surface area contributed by atoms with Crippen LogP contribution in [0.25, 0.3) is 11.1 Å². The largest absolute Gasteiger partial charge is 0.377 e. The van der Waals surface area contributed by atoms with Gasteiger partial charge in [-0.2, -0.15) is 13.9 Å². The van der Waals surface area contributed by atoms with Crippen LogP contribution in [-0.4, -0.2) is 27.3 Å². The number of pyridine rings is 1. The number of fused-ring (bicyclic) bond motifs is 1. The highest BCUT2D eigenvalue weighted by molar-refractivity contribution is 5.77. The maximum Gasteiger partial charge on any atom is 0.292 e. The lowest BCUT2D eigenvalue weighted by atomic mass is 9.95. The summed E-state index contributed by atoms with van der Waals surface area (Å²) in [6.07, 6.45) is -2.01. The number of carbonyl (C=O) groups is 1. The van der Waals surface area contributed by atoms with Crippen molar-refractivity contribution >= 4 is 5.91 Å². The minimum Gasteiger partial charge on any atom is -0.377 e. The summed E-state index contributed by atoms with van der Waals surface area (Å²) in [6.45, 7) is 3.33. The first kappa shape index (κ1) is 31.2. The lowest BCUT2D eigenvalue weighted by molar-refractivity contribution is -0.123. The van der Waals surface area contributed by atoms with Gasteiger partial charge in [0, 0.05) is 35.9 Å². The van der Waals surface area contributed by atoms with Gasteiger partial charge in [-0.3, -0.25) is 14.5 Å². The van der Waals surface area contributed by atoms with Gasteiger partial charge >= 0.3 is 0 Å². The van der Waals surface area contributed by atoms with E-state index in [1.54, 1.807) is 12.1 Å². The van der Waals surface area contributed by atoms with Gasteiger partial charge in [0.1, 0.15) is 29.6 Å². The Morgan fingerprint density at radius 1 is 1.07 bits per heavy atom. The first-order valence-electron chi connectivity index (χ1n) is 14.1. The summed E-state index contributed by atoms with van der Waals surface area (Å²) in [5, 5.41) is 6.41. The maximum absolute atomic E-state index is 15.0. The van der Waals surface area contributed by atoms with Crippen molar-refractivity contribution in [2.45, 2.75) is 58.2 Å². The topological polar surface area (TPSA) is 69.0 Å². The highest BCUT2D eigenvalue weighted by Crippen LogP contribution is 2.48. The standard InChI is InChI=1S/C32H30F6N4O2/c1-3-44-17-19-6-8-21(9-7-19)24-5-4-10-39-28(24)26(14-20-12-22(33)15-23(34)13-20)40-27(43)16-42-30-25(29(41-42)31(35)36)11-18(2)32(30,37)38/h4-10,12-13,15,18,26,31H,3,11,14,16-17H2,1-2H3,(H,40,43). The fraction of sp³-hybridized carbons (Fsp3) is 0.344. The van der Waals surface area contributed by atoms with E-state index in [0.29, 0.717) is 35.2 Å².